The van der Waals surface area contributed by atoms with Gasteiger partial charge in [-0.15, -0.1) is 0 Å². The minimum absolute atomic E-state index is 0.00658. The number of benzene rings is 2. The van der Waals surface area contributed by atoms with Gasteiger partial charge >= 0.3 is 18.0 Å². The maximum atomic E-state index is 15.0. The molecule has 0 aliphatic heterocycles. The molecule has 0 saturated heterocycles. The minimum Gasteiger partial charge on any atom is -0.508 e. The molecule has 2 aromatic carbocycles. The largest absolute Gasteiger partial charge is 0.508 e. The normalized spacial score (nSPS) is 14.3. The number of aliphatic hydroxyl groups is 6. The lowest BCUT2D eigenvalue weighted by atomic mass is 10.0. The van der Waals surface area contributed by atoms with Crippen LogP contribution in [0.5, 0.6) is 5.75 Å². The van der Waals surface area contributed by atoms with E-state index >= 15 is 0 Å². The lowest BCUT2D eigenvalue weighted by Crippen LogP contribution is -2.63. The Morgan fingerprint density at radius 2 is 0.561 bits per heavy atom. The number of phenolic OH excluding ortho intramolecular Hbond substituents is 1. The fourth-order valence-corrected chi connectivity index (χ4v) is 13.6. The van der Waals surface area contributed by atoms with E-state index in [1.807, 2.05) is 5.32 Å². The number of primary amides is 2. The lowest BCUT2D eigenvalue weighted by Gasteiger charge is -2.29. The summed E-state index contributed by atoms with van der Waals surface area (Å²) in [5.41, 5.74) is 38.5. The van der Waals surface area contributed by atoms with Gasteiger partial charge in [-0.3, -0.25) is 103 Å². The molecule has 0 aliphatic rings. The number of hydrogen-bond donors (Lipinski definition) is 42. The van der Waals surface area contributed by atoms with Crippen molar-refractivity contribution in [2.24, 2.45) is 46.1 Å². The molecule has 62 nitrogen and oxygen atoms in total. The topological polar surface area (TPSA) is 1060 Å². The predicted molar refractivity (Wildman–Crippen MR) is 525 cm³/mol. The van der Waals surface area contributed by atoms with Crippen molar-refractivity contribution in [2.45, 2.75) is 227 Å². The van der Waals surface area contributed by atoms with Crippen molar-refractivity contribution >= 4 is 142 Å². The highest BCUT2D eigenvalue weighted by Gasteiger charge is 2.40. The first-order valence-electron chi connectivity index (χ1n) is 46.9. The zero-order valence-corrected chi connectivity index (χ0v) is 82.2. The van der Waals surface area contributed by atoms with Crippen molar-refractivity contribution in [1.82, 2.24) is 122 Å². The van der Waals surface area contributed by atoms with E-state index in [1.165, 1.54) is 48.5 Å². The molecular formula is C86H144N34O28. The number of guanidine groups is 4. The van der Waals surface area contributed by atoms with Crippen LogP contribution in [-0.2, 0) is 99.1 Å². The van der Waals surface area contributed by atoms with Crippen LogP contribution in [-0.4, -0.2) is 371 Å². The summed E-state index contributed by atoms with van der Waals surface area (Å²) in [7, 11) is 0. The van der Waals surface area contributed by atoms with Crippen LogP contribution in [0.4, 0.5) is 9.59 Å². The van der Waals surface area contributed by atoms with Crippen molar-refractivity contribution in [3.8, 4) is 5.75 Å². The van der Waals surface area contributed by atoms with Crippen LogP contribution < -0.4 is 162 Å². The molecule has 0 heterocycles. The summed E-state index contributed by atoms with van der Waals surface area (Å²) in [6.07, 6.45) is -6.28. The second-order valence-electron chi connectivity index (χ2n) is 34.2. The van der Waals surface area contributed by atoms with Crippen molar-refractivity contribution in [3.05, 3.63) is 65.7 Å². The third-order valence-electron chi connectivity index (χ3n) is 21.4. The average Bonchev–Trinajstić information content (AvgIpc) is 0.847. The SMILES string of the molecule is CC(C)C[C@H](NC(=O)[C@H](CCCNC(=N)N)NC(=O)CNC(=O)CNC(=O)[C@@H](N)CCCNC(=N)N)C(=O)N[C@@H](CO)C(=O)N[C@@H](Cc1ccc(O)cc1)C(=O)N[C@@H](CO)C(=O)N[C@@H](CCCNC(N)=O)C(=O)N[C@@H](CCCNC(N)=O)C(=O)N[C@@H](CCCNC(=N)N)C(=O)N[C@@H](Cc1ccccc1)C(=O)N[C@@H](CO)C(=O)N[C@H](C(=O)N[C@@H](CO)C(=O)N[C@H](C(=O)NCC(=O)N[C@@H](CCCNC(=N)N)C(=O)O)[C@@H](C)O)[C@@H](C)O. The molecule has 2 rings (SSSR count). The third kappa shape index (κ3) is 52.5. The number of carbonyl (C=O) groups is 20. The van der Waals surface area contributed by atoms with Gasteiger partial charge < -0.3 is 203 Å². The molecular weight excluding hydrogens is 1960 g/mol. The van der Waals surface area contributed by atoms with Crippen LogP contribution in [0.15, 0.2) is 54.6 Å². The number of amides is 21. The first kappa shape index (κ1) is 128. The van der Waals surface area contributed by atoms with E-state index in [2.05, 4.69) is 117 Å². The van der Waals surface area contributed by atoms with Gasteiger partial charge in [0.1, 0.15) is 90.3 Å². The Morgan fingerprint density at radius 1 is 0.291 bits per heavy atom. The second-order valence-corrected chi connectivity index (χ2v) is 34.2. The summed E-state index contributed by atoms with van der Waals surface area (Å²) in [6.45, 7) is -2.36. The summed E-state index contributed by atoms with van der Waals surface area (Å²) < 4.78 is 0. The van der Waals surface area contributed by atoms with Gasteiger partial charge in [-0.05, 0) is 126 Å². The number of phenols is 1. The van der Waals surface area contributed by atoms with E-state index in [4.69, 9.17) is 61.8 Å². The number of hydrogen-bond acceptors (Lipinski definition) is 32. The highest BCUT2D eigenvalue weighted by atomic mass is 16.4. The highest BCUT2D eigenvalue weighted by molar-refractivity contribution is 6.02. The smallest absolute Gasteiger partial charge is 0.326 e. The zero-order chi connectivity index (χ0) is 111. The average molecular weight is 2100 g/mol. The minimum atomic E-state index is -2.11. The molecule has 62 heteroatoms. The summed E-state index contributed by atoms with van der Waals surface area (Å²) in [5, 5.41) is 167. The summed E-state index contributed by atoms with van der Waals surface area (Å²) in [5.74, 6) is -23.5. The molecule has 148 heavy (non-hydrogen) atoms. The molecule has 49 N–H and O–H groups in total. The summed E-state index contributed by atoms with van der Waals surface area (Å²) >= 11 is 0. The van der Waals surface area contributed by atoms with E-state index in [-0.39, 0.29) is 120 Å². The van der Waals surface area contributed by atoms with E-state index in [1.54, 1.807) is 19.9 Å². The van der Waals surface area contributed by atoms with Gasteiger partial charge in [0.25, 0.3) is 0 Å². The quantitative estimate of drug-likeness (QED) is 0.0166. The molecule has 0 fully saturated rings. The van der Waals surface area contributed by atoms with Crippen LogP contribution in [0.3, 0.4) is 0 Å². The number of aliphatic carboxylic acids is 1. The van der Waals surface area contributed by atoms with Gasteiger partial charge in [-0.2, -0.15) is 0 Å². The van der Waals surface area contributed by atoms with Gasteiger partial charge in [0.2, 0.25) is 100 Å². The summed E-state index contributed by atoms with van der Waals surface area (Å²) in [4.78, 5) is 273. The van der Waals surface area contributed by atoms with Crippen molar-refractivity contribution < 1.29 is 137 Å². The number of carboxylic acids is 1. The Kier molecular flexibility index (Phi) is 59.8. The number of rotatable bonds is 71. The molecule has 21 amide bonds. The molecule has 17 atom stereocenters. The Bertz CT molecular complexity index is 4780. The Hall–Kier alpha value is -16.0. The standard InChI is InChI=1S/C86H144N34O28/c1-42(2)32-54(112-67(132)49(17-9-27-99-82(90)91)107-62(129)36-104-61(128)35-105-66(131)48(87)16-8-26-98-81(88)89)71(136)115-58(39-122)75(140)114-56(34-46-22-24-47(127)25-23-46)73(138)116-57(38-121)74(139)111-51(20-12-31-103-86(97)148)69(134)109-50(19-11-30-102-85(96)147)68(133)110-52(18-10-28-100-83(92)93)70(135)113-55(33-45-14-6-5-7-15-45)72(137)117-59(40-123)76(141)120-65(44(4)126)79(144)118-60(41-124)77(142)119-64(43(3)125)78(143)106-37-63(130)108-53(80(145)146)21-13-29-101-84(94)95/h5-7,14-15,22-25,42-44,48-60,64-65,121-127H,8-13,16-21,26-41,87H2,1-4H3,(H,104,128)(H,105,131)(H,106,143)(H,107,129)(H,108,130)(H,109,134)(H,110,133)(H,111,139)(H,112,132)(H,113,135)(H,114,140)(H,115,136)(H,116,138)(H,117,137)(H,118,144)(H,119,142)(H,120,141)(H,145,146)(H4,88,89,98)(H4,90,91,99)(H4,92,93,100)(H4,94,95,101)(H3,96,102,147)(H3,97,103,148)/t43-,44-,48+,49+,50+,51+,52+,53+,54+,55+,56+,57+,58+,59+,60+,64+,65+/m1/s1. The number of aliphatic hydroxyl groups excluding tert-OH is 6. The van der Waals surface area contributed by atoms with E-state index in [0.29, 0.717) is 12.0 Å². The fourth-order valence-electron chi connectivity index (χ4n) is 13.6. The third-order valence-corrected chi connectivity index (χ3v) is 21.4. The zero-order valence-electron chi connectivity index (χ0n) is 82.2. The van der Waals surface area contributed by atoms with E-state index in [0.717, 1.165) is 13.8 Å². The maximum absolute atomic E-state index is 15.0. The fraction of sp³-hybridized carbons (Fsp3) is 0.581. The van der Waals surface area contributed by atoms with Gasteiger partial charge in [-0.1, -0.05) is 56.3 Å². The van der Waals surface area contributed by atoms with Crippen molar-refractivity contribution in [2.75, 3.05) is 85.3 Å². The molecule has 2 aromatic rings. The van der Waals surface area contributed by atoms with Crippen molar-refractivity contribution in [1.29, 1.82) is 21.6 Å². The number of urea groups is 2. The monoisotopic (exact) mass is 2100 g/mol. The highest BCUT2D eigenvalue weighted by Crippen LogP contribution is 2.16. The van der Waals surface area contributed by atoms with Crippen LogP contribution in [0.1, 0.15) is 122 Å². The molecule has 0 radical (unpaired) electrons. The predicted octanol–water partition coefficient (Wildman–Crippen LogP) is -16.5. The number of nitrogens with one attached hydrogen (secondary N) is 27. The van der Waals surface area contributed by atoms with Crippen LogP contribution in [0, 0.1) is 27.6 Å². The number of carboxylic acid groups (broad SMARTS) is 1. The van der Waals surface area contributed by atoms with Crippen LogP contribution >= 0.6 is 0 Å². The number of aromatic hydroxyl groups is 1. The Morgan fingerprint density at radius 3 is 0.912 bits per heavy atom. The van der Waals surface area contributed by atoms with E-state index in [9.17, 15) is 137 Å². The van der Waals surface area contributed by atoms with Crippen LogP contribution in [0.25, 0.3) is 0 Å². The van der Waals surface area contributed by atoms with Gasteiger partial charge in [0, 0.05) is 52.1 Å². The molecule has 0 aromatic heterocycles. The molecule has 0 saturated carbocycles. The van der Waals surface area contributed by atoms with E-state index < -0.39 is 317 Å². The van der Waals surface area contributed by atoms with Gasteiger partial charge in [0.15, 0.2) is 23.8 Å². The first-order valence-corrected chi connectivity index (χ1v) is 46.9. The Labute approximate surface area is 849 Å². The second kappa shape index (κ2) is 69.1. The first-order chi connectivity index (χ1) is 69.8. The number of nitrogens with two attached hydrogens (primary N) is 7. The molecule has 0 spiro atoms. The maximum Gasteiger partial charge on any atom is 0.326 e. The summed E-state index contributed by atoms with van der Waals surface area (Å²) in [6, 6.07) is -16.2. The van der Waals surface area contributed by atoms with Gasteiger partial charge in [0.05, 0.1) is 64.3 Å². The van der Waals surface area contributed by atoms with Crippen molar-refractivity contribution in [3.63, 3.8) is 0 Å². The lowest BCUT2D eigenvalue weighted by molar-refractivity contribution is -0.142. The molecule has 0 aliphatic carbocycles. The number of carbonyl (C=O) groups excluding carboxylic acids is 19. The molecule has 0 bridgehead atoms. The molecule has 826 valence electrons. The van der Waals surface area contributed by atoms with Gasteiger partial charge in [-0.25, -0.2) is 14.4 Å². The molecule has 0 unspecified atom stereocenters. The Balaban J connectivity index is 2.60. The van der Waals surface area contributed by atoms with Crippen LogP contribution in [0.2, 0.25) is 0 Å².